The van der Waals surface area contributed by atoms with Crippen LogP contribution in [0.1, 0.15) is 29.8 Å². The highest BCUT2D eigenvalue weighted by molar-refractivity contribution is 7.92. The van der Waals surface area contributed by atoms with E-state index >= 15 is 0 Å². The summed E-state index contributed by atoms with van der Waals surface area (Å²) in [4.78, 5) is 25.9. The van der Waals surface area contributed by atoms with Gasteiger partial charge in [0.2, 0.25) is 15.9 Å². The molecule has 0 spiro atoms. The molecule has 7 nitrogen and oxygen atoms in total. The van der Waals surface area contributed by atoms with E-state index in [1.165, 1.54) is 42.2 Å². The first-order chi connectivity index (χ1) is 13.1. The fourth-order valence-electron chi connectivity index (χ4n) is 2.64. The molecule has 0 atom stereocenters. The minimum Gasteiger partial charge on any atom is -0.335 e. The lowest BCUT2D eigenvalue weighted by molar-refractivity contribution is -0.114. The molecular weight excluding hydrogens is 385 g/mol. The number of nitrogens with one attached hydrogen (secondary N) is 2. The molecule has 2 amide bonds. The quantitative estimate of drug-likeness (QED) is 0.738. The molecule has 2 rings (SSSR count). The van der Waals surface area contributed by atoms with E-state index in [4.69, 9.17) is 0 Å². The van der Waals surface area contributed by atoms with Crippen LogP contribution >= 0.6 is 0 Å². The molecule has 0 bridgehead atoms. The molecule has 0 heterocycles. The number of hydrogen-bond acceptors (Lipinski definition) is 4. The molecule has 0 fully saturated rings. The second kappa shape index (κ2) is 8.83. The molecule has 9 heteroatoms. The Bertz CT molecular complexity index is 992. The normalized spacial score (nSPS) is 11.0. The molecule has 0 unspecified atom stereocenters. The van der Waals surface area contributed by atoms with Gasteiger partial charge in [-0.1, -0.05) is 12.1 Å². The van der Waals surface area contributed by atoms with Crippen LogP contribution in [-0.4, -0.2) is 37.9 Å². The van der Waals surface area contributed by atoms with Crippen molar-refractivity contribution in [1.29, 1.82) is 0 Å². The van der Waals surface area contributed by atoms with Crippen molar-refractivity contribution in [2.45, 2.75) is 20.4 Å². The maximum absolute atomic E-state index is 13.4. The lowest BCUT2D eigenvalue weighted by Crippen LogP contribution is -2.31. The van der Waals surface area contributed by atoms with E-state index in [9.17, 15) is 22.4 Å². The predicted octanol–water partition coefficient (Wildman–Crippen LogP) is 2.82. The van der Waals surface area contributed by atoms with Crippen molar-refractivity contribution in [3.63, 3.8) is 0 Å². The van der Waals surface area contributed by atoms with Gasteiger partial charge < -0.3 is 10.2 Å². The Morgan fingerprint density at radius 2 is 1.86 bits per heavy atom. The monoisotopic (exact) mass is 407 g/mol. The van der Waals surface area contributed by atoms with E-state index in [-0.39, 0.29) is 23.7 Å². The number of rotatable bonds is 7. The number of nitrogens with zero attached hydrogens (tertiary/aromatic N) is 1. The number of halogens is 1. The van der Waals surface area contributed by atoms with Gasteiger partial charge in [0, 0.05) is 25.7 Å². The van der Waals surface area contributed by atoms with Gasteiger partial charge in [0.05, 0.1) is 17.5 Å². The Morgan fingerprint density at radius 3 is 2.43 bits per heavy atom. The lowest BCUT2D eigenvalue weighted by atomic mass is 10.1. The van der Waals surface area contributed by atoms with Gasteiger partial charge >= 0.3 is 0 Å². The van der Waals surface area contributed by atoms with Gasteiger partial charge in [-0.3, -0.25) is 14.3 Å². The molecule has 0 aliphatic heterocycles. The number of amides is 2. The van der Waals surface area contributed by atoms with Crippen molar-refractivity contribution in [3.05, 3.63) is 59.4 Å². The van der Waals surface area contributed by atoms with Gasteiger partial charge in [0.15, 0.2) is 0 Å². The van der Waals surface area contributed by atoms with Crippen LogP contribution in [0.4, 0.5) is 15.8 Å². The van der Waals surface area contributed by atoms with Crippen LogP contribution in [0.5, 0.6) is 0 Å². The number of carbonyl (C=O) groups excluding carboxylic acids is 2. The van der Waals surface area contributed by atoms with E-state index in [0.29, 0.717) is 17.8 Å². The highest BCUT2D eigenvalue weighted by Crippen LogP contribution is 2.24. The minimum absolute atomic E-state index is 0.0786. The molecule has 0 aliphatic carbocycles. The Labute approximate surface area is 163 Å². The van der Waals surface area contributed by atoms with Gasteiger partial charge in [-0.25, -0.2) is 12.8 Å². The van der Waals surface area contributed by atoms with E-state index in [1.54, 1.807) is 19.1 Å². The van der Waals surface area contributed by atoms with E-state index in [0.717, 1.165) is 6.26 Å². The van der Waals surface area contributed by atoms with Gasteiger partial charge in [-0.2, -0.15) is 0 Å². The molecule has 2 aromatic rings. The number of sulfonamides is 1. The SMILES string of the molecule is CCN(Cc1cccc(F)c1)C(=O)c1cc(NC(C)=O)ccc1NS(C)(=O)=O. The molecule has 150 valence electrons. The van der Waals surface area contributed by atoms with E-state index < -0.39 is 21.7 Å². The van der Waals surface area contributed by atoms with Crippen molar-refractivity contribution in [2.75, 3.05) is 22.8 Å². The third-order valence-electron chi connectivity index (χ3n) is 3.80. The molecule has 0 aromatic heterocycles. The zero-order valence-corrected chi connectivity index (χ0v) is 16.6. The number of benzene rings is 2. The summed E-state index contributed by atoms with van der Waals surface area (Å²) < 4.78 is 39.1. The second-order valence-electron chi connectivity index (χ2n) is 6.27. The van der Waals surface area contributed by atoms with Crippen LogP contribution in [0.15, 0.2) is 42.5 Å². The Hall–Kier alpha value is -2.94. The van der Waals surface area contributed by atoms with Gasteiger partial charge in [0.25, 0.3) is 5.91 Å². The van der Waals surface area contributed by atoms with Gasteiger partial charge in [-0.15, -0.1) is 0 Å². The van der Waals surface area contributed by atoms with Crippen LogP contribution in [0.25, 0.3) is 0 Å². The molecule has 0 radical (unpaired) electrons. The second-order valence-corrected chi connectivity index (χ2v) is 8.01. The number of anilines is 2. The van der Waals surface area contributed by atoms with Gasteiger partial charge in [-0.05, 0) is 42.8 Å². The minimum atomic E-state index is -3.62. The fraction of sp³-hybridized carbons (Fsp3) is 0.263. The zero-order chi connectivity index (χ0) is 20.9. The summed E-state index contributed by atoms with van der Waals surface area (Å²) in [7, 11) is -3.62. The van der Waals surface area contributed by atoms with Gasteiger partial charge in [0.1, 0.15) is 5.82 Å². The maximum Gasteiger partial charge on any atom is 0.256 e. The summed E-state index contributed by atoms with van der Waals surface area (Å²) in [5.74, 6) is -1.19. The lowest BCUT2D eigenvalue weighted by Gasteiger charge is -2.23. The summed E-state index contributed by atoms with van der Waals surface area (Å²) in [6.07, 6.45) is 0.979. The molecule has 0 saturated carbocycles. The van der Waals surface area contributed by atoms with Crippen LogP contribution in [0.2, 0.25) is 0 Å². The summed E-state index contributed by atoms with van der Waals surface area (Å²) in [5.41, 5.74) is 1.14. The first-order valence-electron chi connectivity index (χ1n) is 8.52. The highest BCUT2D eigenvalue weighted by Gasteiger charge is 2.21. The molecule has 2 aromatic carbocycles. The first-order valence-corrected chi connectivity index (χ1v) is 10.4. The van der Waals surface area contributed by atoms with Crippen molar-refractivity contribution < 1.29 is 22.4 Å². The number of hydrogen-bond donors (Lipinski definition) is 2. The average Bonchev–Trinajstić information content (AvgIpc) is 2.59. The molecule has 28 heavy (non-hydrogen) atoms. The maximum atomic E-state index is 13.4. The third kappa shape index (κ3) is 6.05. The predicted molar refractivity (Wildman–Crippen MR) is 106 cm³/mol. The van der Waals surface area contributed by atoms with Crippen LogP contribution < -0.4 is 10.0 Å². The van der Waals surface area contributed by atoms with Crippen molar-refractivity contribution >= 4 is 33.2 Å². The largest absolute Gasteiger partial charge is 0.335 e. The summed E-state index contributed by atoms with van der Waals surface area (Å²) in [6, 6.07) is 10.2. The summed E-state index contributed by atoms with van der Waals surface area (Å²) in [5, 5.41) is 2.57. The number of carbonyl (C=O) groups is 2. The van der Waals surface area contributed by atoms with Crippen LogP contribution in [0.3, 0.4) is 0 Å². The summed E-state index contributed by atoms with van der Waals surface area (Å²) >= 11 is 0. The Kier molecular flexibility index (Phi) is 6.74. The van der Waals surface area contributed by atoms with Crippen molar-refractivity contribution in [1.82, 2.24) is 4.90 Å². The Balaban J connectivity index is 2.41. The molecular formula is C19H22FN3O4S. The topological polar surface area (TPSA) is 95.6 Å². The standard InChI is InChI=1S/C19H22FN3O4S/c1-4-23(12-14-6-5-7-15(20)10-14)19(25)17-11-16(21-13(2)24)8-9-18(17)22-28(3,26)27/h5-11,22H,4,12H2,1-3H3,(H,21,24). The Morgan fingerprint density at radius 1 is 1.14 bits per heavy atom. The molecule has 0 aliphatic rings. The average molecular weight is 407 g/mol. The van der Waals surface area contributed by atoms with E-state index in [2.05, 4.69) is 10.0 Å². The highest BCUT2D eigenvalue weighted by atomic mass is 32.2. The van der Waals surface area contributed by atoms with Crippen molar-refractivity contribution in [2.24, 2.45) is 0 Å². The van der Waals surface area contributed by atoms with Crippen molar-refractivity contribution in [3.8, 4) is 0 Å². The van der Waals surface area contributed by atoms with Crippen LogP contribution in [0, 0.1) is 5.82 Å². The molecule has 2 N–H and O–H groups in total. The van der Waals surface area contributed by atoms with Crippen LogP contribution in [-0.2, 0) is 21.4 Å². The smallest absolute Gasteiger partial charge is 0.256 e. The zero-order valence-electron chi connectivity index (χ0n) is 15.8. The third-order valence-corrected chi connectivity index (χ3v) is 4.39. The first kappa shape index (κ1) is 21.4. The summed E-state index contributed by atoms with van der Waals surface area (Å²) in [6.45, 7) is 3.55. The van der Waals surface area contributed by atoms with E-state index in [1.807, 2.05) is 0 Å². The molecule has 0 saturated heterocycles. The fourth-order valence-corrected chi connectivity index (χ4v) is 3.22.